The van der Waals surface area contributed by atoms with E-state index < -0.39 is 5.60 Å². The fraction of sp³-hybridized carbons (Fsp3) is 0.400. The lowest BCUT2D eigenvalue weighted by Gasteiger charge is -2.22. The van der Waals surface area contributed by atoms with E-state index in [0.717, 1.165) is 23.5 Å². The second-order valence-corrected chi connectivity index (χ2v) is 4.83. The molecule has 1 nitrogen and oxygen atoms in total. The lowest BCUT2D eigenvalue weighted by Crippen LogP contribution is -2.25. The van der Waals surface area contributed by atoms with Crippen LogP contribution in [0.25, 0.3) is 0 Å². The van der Waals surface area contributed by atoms with E-state index in [2.05, 4.69) is 0 Å². The Bertz CT molecular complexity index is 308. The SMILES string of the molecule is OC1(c2ccccc2Cl)CCSC1. The highest BCUT2D eigenvalue weighted by molar-refractivity contribution is 7.99. The predicted octanol–water partition coefficient (Wildman–Crippen LogP) is 2.66. The molecular formula is C10H11ClOS. The van der Waals surface area contributed by atoms with Gasteiger partial charge < -0.3 is 5.11 Å². The Balaban J connectivity index is 2.39. The van der Waals surface area contributed by atoms with Gasteiger partial charge in [-0.1, -0.05) is 29.8 Å². The Kier molecular flexibility index (Phi) is 2.54. The third-order valence-corrected chi connectivity index (χ3v) is 3.88. The van der Waals surface area contributed by atoms with E-state index >= 15 is 0 Å². The molecule has 1 aliphatic heterocycles. The van der Waals surface area contributed by atoms with Gasteiger partial charge in [-0.15, -0.1) is 0 Å². The summed E-state index contributed by atoms with van der Waals surface area (Å²) in [6.45, 7) is 0. The van der Waals surface area contributed by atoms with Crippen molar-refractivity contribution in [1.82, 2.24) is 0 Å². The van der Waals surface area contributed by atoms with Crippen LogP contribution < -0.4 is 0 Å². The summed E-state index contributed by atoms with van der Waals surface area (Å²) in [5.74, 6) is 1.78. The van der Waals surface area contributed by atoms with Crippen LogP contribution >= 0.6 is 23.4 Å². The topological polar surface area (TPSA) is 20.2 Å². The Hall–Kier alpha value is -0.180. The monoisotopic (exact) mass is 214 g/mol. The highest BCUT2D eigenvalue weighted by atomic mass is 35.5. The van der Waals surface area contributed by atoms with E-state index in [1.54, 1.807) is 11.8 Å². The van der Waals surface area contributed by atoms with Gasteiger partial charge in [0.1, 0.15) is 5.60 Å². The average Bonchev–Trinajstić information content (AvgIpc) is 2.54. The summed E-state index contributed by atoms with van der Waals surface area (Å²) in [7, 11) is 0. The molecule has 1 atom stereocenters. The number of aliphatic hydroxyl groups is 1. The Morgan fingerprint density at radius 3 is 2.77 bits per heavy atom. The molecule has 1 heterocycles. The van der Waals surface area contributed by atoms with Crippen molar-refractivity contribution < 1.29 is 5.11 Å². The molecule has 1 aromatic carbocycles. The van der Waals surface area contributed by atoms with Crippen LogP contribution in [0.5, 0.6) is 0 Å². The molecular weight excluding hydrogens is 204 g/mol. The van der Waals surface area contributed by atoms with Gasteiger partial charge in [-0.2, -0.15) is 11.8 Å². The summed E-state index contributed by atoms with van der Waals surface area (Å²) in [5, 5.41) is 10.9. The van der Waals surface area contributed by atoms with E-state index in [1.807, 2.05) is 24.3 Å². The van der Waals surface area contributed by atoms with Crippen molar-refractivity contribution in [3.8, 4) is 0 Å². The predicted molar refractivity (Wildman–Crippen MR) is 57.3 cm³/mol. The smallest absolute Gasteiger partial charge is 0.101 e. The van der Waals surface area contributed by atoms with Crippen molar-refractivity contribution in [2.24, 2.45) is 0 Å². The quantitative estimate of drug-likeness (QED) is 0.776. The van der Waals surface area contributed by atoms with Gasteiger partial charge in [0, 0.05) is 16.3 Å². The minimum atomic E-state index is -0.691. The summed E-state index contributed by atoms with van der Waals surface area (Å²) < 4.78 is 0. The van der Waals surface area contributed by atoms with Crippen LogP contribution in [0.15, 0.2) is 24.3 Å². The molecule has 1 aromatic rings. The molecule has 0 saturated carbocycles. The van der Waals surface area contributed by atoms with E-state index in [4.69, 9.17) is 11.6 Å². The highest BCUT2D eigenvalue weighted by Crippen LogP contribution is 2.39. The zero-order valence-corrected chi connectivity index (χ0v) is 8.74. The maximum Gasteiger partial charge on any atom is 0.101 e. The zero-order valence-electron chi connectivity index (χ0n) is 7.16. The molecule has 0 aliphatic carbocycles. The summed E-state index contributed by atoms with van der Waals surface area (Å²) in [6, 6.07) is 7.55. The average molecular weight is 215 g/mol. The molecule has 0 spiro atoms. The minimum Gasteiger partial charge on any atom is -0.384 e. The van der Waals surface area contributed by atoms with Gasteiger partial charge in [0.05, 0.1) is 0 Å². The Morgan fingerprint density at radius 2 is 2.15 bits per heavy atom. The lowest BCUT2D eigenvalue weighted by molar-refractivity contribution is 0.0659. The van der Waals surface area contributed by atoms with Crippen LogP contribution in [0.4, 0.5) is 0 Å². The molecule has 70 valence electrons. The number of benzene rings is 1. The van der Waals surface area contributed by atoms with Crippen molar-refractivity contribution in [1.29, 1.82) is 0 Å². The van der Waals surface area contributed by atoms with Crippen molar-refractivity contribution in [2.75, 3.05) is 11.5 Å². The Morgan fingerprint density at radius 1 is 1.38 bits per heavy atom. The first kappa shape index (κ1) is 9.38. The summed E-state index contributed by atoms with van der Waals surface area (Å²) in [5.41, 5.74) is 0.185. The molecule has 0 bridgehead atoms. The van der Waals surface area contributed by atoms with Crippen molar-refractivity contribution in [2.45, 2.75) is 12.0 Å². The van der Waals surface area contributed by atoms with Crippen molar-refractivity contribution in [3.05, 3.63) is 34.9 Å². The second-order valence-electron chi connectivity index (χ2n) is 3.31. The first-order valence-electron chi connectivity index (χ1n) is 4.27. The maximum absolute atomic E-state index is 10.2. The molecule has 2 rings (SSSR count). The molecule has 1 N–H and O–H groups in total. The molecule has 1 fully saturated rings. The maximum atomic E-state index is 10.2. The van der Waals surface area contributed by atoms with E-state index in [0.29, 0.717) is 5.02 Å². The zero-order chi connectivity index (χ0) is 9.31. The van der Waals surface area contributed by atoms with Gasteiger partial charge in [-0.05, 0) is 18.2 Å². The number of rotatable bonds is 1. The van der Waals surface area contributed by atoms with E-state index in [9.17, 15) is 5.11 Å². The van der Waals surface area contributed by atoms with Gasteiger partial charge in [-0.25, -0.2) is 0 Å². The molecule has 3 heteroatoms. The van der Waals surface area contributed by atoms with Crippen molar-refractivity contribution in [3.63, 3.8) is 0 Å². The summed E-state index contributed by atoms with van der Waals surface area (Å²) in [4.78, 5) is 0. The minimum absolute atomic E-state index is 0.674. The van der Waals surface area contributed by atoms with Gasteiger partial charge in [-0.3, -0.25) is 0 Å². The number of halogens is 1. The highest BCUT2D eigenvalue weighted by Gasteiger charge is 2.34. The van der Waals surface area contributed by atoms with Crippen LogP contribution in [0.1, 0.15) is 12.0 Å². The van der Waals surface area contributed by atoms with Crippen LogP contribution in [0.3, 0.4) is 0 Å². The summed E-state index contributed by atoms with van der Waals surface area (Å²) in [6.07, 6.45) is 0.807. The number of hydrogen-bond acceptors (Lipinski definition) is 2. The second kappa shape index (κ2) is 3.52. The van der Waals surface area contributed by atoms with Crippen molar-refractivity contribution >= 4 is 23.4 Å². The van der Waals surface area contributed by atoms with Crippen LogP contribution in [-0.4, -0.2) is 16.6 Å². The molecule has 0 aromatic heterocycles. The number of thioether (sulfide) groups is 1. The molecule has 13 heavy (non-hydrogen) atoms. The first-order valence-corrected chi connectivity index (χ1v) is 5.81. The van der Waals surface area contributed by atoms with E-state index in [-0.39, 0.29) is 0 Å². The Labute approximate surface area is 87.1 Å². The van der Waals surface area contributed by atoms with Crippen LogP contribution in [0.2, 0.25) is 5.02 Å². The first-order chi connectivity index (χ1) is 6.22. The van der Waals surface area contributed by atoms with Gasteiger partial charge in [0.25, 0.3) is 0 Å². The normalized spacial score (nSPS) is 27.8. The largest absolute Gasteiger partial charge is 0.384 e. The van der Waals surface area contributed by atoms with Crippen LogP contribution in [-0.2, 0) is 5.60 Å². The molecule has 1 aliphatic rings. The molecule has 1 unspecified atom stereocenters. The molecule has 1 saturated heterocycles. The standard InChI is InChI=1S/C10H11ClOS/c11-9-4-2-1-3-8(9)10(12)5-6-13-7-10/h1-4,12H,5-7H2. The van der Waals surface area contributed by atoms with Gasteiger partial charge >= 0.3 is 0 Å². The summed E-state index contributed by atoms with van der Waals surface area (Å²) >= 11 is 7.80. The third kappa shape index (κ3) is 1.71. The van der Waals surface area contributed by atoms with Crippen LogP contribution in [0, 0.1) is 0 Å². The molecule has 0 radical (unpaired) electrons. The fourth-order valence-electron chi connectivity index (χ4n) is 1.61. The fourth-order valence-corrected chi connectivity index (χ4v) is 3.18. The third-order valence-electron chi connectivity index (χ3n) is 2.38. The lowest BCUT2D eigenvalue weighted by atomic mass is 9.93. The van der Waals surface area contributed by atoms with Gasteiger partial charge in [0.2, 0.25) is 0 Å². The molecule has 0 amide bonds. The van der Waals surface area contributed by atoms with Gasteiger partial charge in [0.15, 0.2) is 0 Å². The van der Waals surface area contributed by atoms with E-state index in [1.165, 1.54) is 0 Å². The number of hydrogen-bond donors (Lipinski definition) is 1.